The maximum absolute atomic E-state index is 10.9. The molecule has 36 heavy (non-hydrogen) atoms. The number of nitrogens with zero attached hydrogens (tertiary/aromatic N) is 1. The summed E-state index contributed by atoms with van der Waals surface area (Å²) in [7, 11) is 4.11. The molecule has 1 unspecified atom stereocenters. The highest BCUT2D eigenvalue weighted by Crippen LogP contribution is 2.35. The second-order valence-electron chi connectivity index (χ2n) is 8.17. The summed E-state index contributed by atoms with van der Waals surface area (Å²) in [5.74, 6) is 0. The molecule has 2 saturated heterocycles. The first-order valence-corrected chi connectivity index (χ1v) is 13.5. The van der Waals surface area contributed by atoms with Crippen molar-refractivity contribution in [3.63, 3.8) is 0 Å². The fourth-order valence-electron chi connectivity index (χ4n) is 3.77. The van der Waals surface area contributed by atoms with Gasteiger partial charge in [-0.25, -0.2) is 4.98 Å². The first-order valence-electron chi connectivity index (χ1n) is 11.3. The van der Waals surface area contributed by atoms with Gasteiger partial charge >= 0.3 is 0 Å². The maximum Gasteiger partial charge on any atom is 0.187 e. The third-order valence-electron chi connectivity index (χ3n) is 5.78. The molecule has 1 aromatic rings. The molecule has 204 valence electrons. The van der Waals surface area contributed by atoms with Crippen molar-refractivity contribution in [2.45, 2.75) is 71.7 Å². The zero-order valence-electron chi connectivity index (χ0n) is 19.6. The minimum Gasteiger partial charge on any atom is -0.394 e. The summed E-state index contributed by atoms with van der Waals surface area (Å²) in [5.41, 5.74) is 0. The molecule has 0 saturated carbocycles. The van der Waals surface area contributed by atoms with E-state index in [1.807, 2.05) is 18.2 Å². The van der Waals surface area contributed by atoms with Crippen LogP contribution in [-0.4, -0.2) is 129 Å². The average Bonchev–Trinajstić information content (AvgIpc) is 2.90. The molecule has 1 aromatic heterocycles. The topological polar surface area (TPSA) is 180 Å². The summed E-state index contributed by atoms with van der Waals surface area (Å²) >= 11 is 0. The van der Waals surface area contributed by atoms with Gasteiger partial charge in [0.25, 0.3) is 0 Å². The Morgan fingerprint density at radius 1 is 1.00 bits per heavy atom. The fraction of sp³-hybridized carbons (Fsp3) is 0.682. The van der Waals surface area contributed by atoms with Gasteiger partial charge in [-0.1, -0.05) is 22.9 Å². The van der Waals surface area contributed by atoms with Crippen LogP contribution in [0.25, 0.3) is 0 Å². The van der Waals surface area contributed by atoms with E-state index in [2.05, 4.69) is 11.6 Å². The van der Waals surface area contributed by atoms with Crippen molar-refractivity contribution in [3.05, 3.63) is 37.1 Å². The normalized spacial score (nSPS) is 38.0. The van der Waals surface area contributed by atoms with Gasteiger partial charge in [0.15, 0.2) is 12.6 Å². The Morgan fingerprint density at radius 2 is 1.64 bits per heavy atom. The van der Waals surface area contributed by atoms with Crippen molar-refractivity contribution in [2.24, 2.45) is 0 Å². The fourth-order valence-corrected chi connectivity index (χ4v) is 5.81. The van der Waals surface area contributed by atoms with Crippen LogP contribution in [0.2, 0.25) is 0 Å². The van der Waals surface area contributed by atoms with Gasteiger partial charge in [0.2, 0.25) is 0 Å². The molecule has 14 heteroatoms. The van der Waals surface area contributed by atoms with Gasteiger partial charge in [-0.15, -0.1) is 6.58 Å². The summed E-state index contributed by atoms with van der Waals surface area (Å²) in [5, 5.41) is 62.3. The number of ether oxygens (including phenoxy) is 5. The monoisotopic (exact) mass is 551 g/mol. The molecule has 11 atom stereocenters. The van der Waals surface area contributed by atoms with Crippen molar-refractivity contribution in [2.75, 3.05) is 26.9 Å². The summed E-state index contributed by atoms with van der Waals surface area (Å²) in [6, 6.07) is 5.53. The number of hydrogen-bond acceptors (Lipinski definition) is 14. The summed E-state index contributed by atoms with van der Waals surface area (Å²) in [6.07, 6.45) is -10.2. The van der Waals surface area contributed by atoms with Gasteiger partial charge in [-0.2, -0.15) is 0 Å². The number of aliphatic hydroxyl groups excluding tert-OH is 6. The Balaban J connectivity index is 1.66. The first kappa shape index (κ1) is 29.7. The summed E-state index contributed by atoms with van der Waals surface area (Å²) < 4.78 is 27.4. The highest BCUT2D eigenvalue weighted by atomic mass is 33.1. The van der Waals surface area contributed by atoms with Crippen molar-refractivity contribution in [1.82, 2.24) is 4.98 Å². The number of methoxy groups -OCH3 is 1. The standard InChI is InChI=1S/C22H33NO11S2/c1-3-11(35-36-14-6-4-5-7-23-14)10-31-19-15(26)12(8-24)33-22(17(19)28)34-20-16(27)13(9-25)32-21(30-2)18(20)29/h3-7,11-13,15-22,24-29H,1,8-10H2,2H3/t11?,12-,13-,15-,16-,17-,18-,19+,20+,21-,22+/m1/s1. The van der Waals surface area contributed by atoms with Gasteiger partial charge in [0.05, 0.1) is 25.1 Å². The average molecular weight is 552 g/mol. The predicted octanol–water partition coefficient (Wildman–Crippen LogP) is -1.33. The number of pyridine rings is 1. The SMILES string of the molecule is C=CC(CO[C@@H]1[C@@H](O)[C@H](O[C@@H]2[C@@H](O)[C@H](OC)O[C@H](CO)[C@H]2O)O[C@H](CO)[C@H]1O)SSc1ccccn1. The molecule has 2 fully saturated rings. The summed E-state index contributed by atoms with van der Waals surface area (Å²) in [6.45, 7) is 2.66. The second-order valence-corrected chi connectivity index (χ2v) is 10.6. The van der Waals surface area contributed by atoms with E-state index in [1.165, 1.54) is 28.7 Å². The molecule has 0 bridgehead atoms. The van der Waals surface area contributed by atoms with E-state index in [0.29, 0.717) is 0 Å². The second kappa shape index (κ2) is 14.3. The Labute approximate surface area is 216 Å². The van der Waals surface area contributed by atoms with Crippen molar-refractivity contribution < 1.29 is 54.3 Å². The van der Waals surface area contributed by atoms with Crippen LogP contribution in [0.5, 0.6) is 0 Å². The molecule has 3 rings (SSSR count). The number of rotatable bonds is 12. The molecule has 0 spiro atoms. The highest BCUT2D eigenvalue weighted by Gasteiger charge is 2.51. The lowest BCUT2D eigenvalue weighted by Crippen LogP contribution is -2.65. The number of aliphatic hydroxyl groups is 6. The number of hydrogen-bond donors (Lipinski definition) is 6. The zero-order valence-corrected chi connectivity index (χ0v) is 21.2. The van der Waals surface area contributed by atoms with Crippen molar-refractivity contribution >= 4 is 21.6 Å². The minimum absolute atomic E-state index is 0.0541. The predicted molar refractivity (Wildman–Crippen MR) is 129 cm³/mol. The Kier molecular flexibility index (Phi) is 11.8. The maximum atomic E-state index is 10.9. The van der Waals surface area contributed by atoms with E-state index < -0.39 is 74.6 Å². The van der Waals surface area contributed by atoms with Crippen molar-refractivity contribution in [1.29, 1.82) is 0 Å². The van der Waals surface area contributed by atoms with Crippen LogP contribution in [0.15, 0.2) is 42.1 Å². The molecule has 2 aliphatic rings. The van der Waals surface area contributed by atoms with Gasteiger partial charge < -0.3 is 54.3 Å². The van der Waals surface area contributed by atoms with E-state index in [9.17, 15) is 30.6 Å². The van der Waals surface area contributed by atoms with Gasteiger partial charge in [0.1, 0.15) is 53.9 Å². The molecule has 2 aliphatic heterocycles. The molecule has 6 N–H and O–H groups in total. The molecule has 0 aliphatic carbocycles. The smallest absolute Gasteiger partial charge is 0.187 e. The van der Waals surface area contributed by atoms with Crippen LogP contribution in [0.3, 0.4) is 0 Å². The molecule has 0 aromatic carbocycles. The third kappa shape index (κ3) is 7.17. The Morgan fingerprint density at radius 3 is 2.22 bits per heavy atom. The molecule has 3 heterocycles. The number of aromatic nitrogens is 1. The molecule has 0 radical (unpaired) electrons. The van der Waals surface area contributed by atoms with E-state index in [4.69, 9.17) is 23.7 Å². The molecular weight excluding hydrogens is 518 g/mol. The van der Waals surface area contributed by atoms with Crippen LogP contribution >= 0.6 is 21.6 Å². The van der Waals surface area contributed by atoms with E-state index >= 15 is 0 Å². The Bertz CT molecular complexity index is 781. The molecular formula is C22H33NO11S2. The van der Waals surface area contributed by atoms with Crippen LogP contribution in [0.1, 0.15) is 0 Å². The largest absolute Gasteiger partial charge is 0.394 e. The Hall–Kier alpha value is -0.850. The van der Waals surface area contributed by atoms with Crippen LogP contribution in [0, 0.1) is 0 Å². The van der Waals surface area contributed by atoms with Gasteiger partial charge in [-0.05, 0) is 22.9 Å². The lowest BCUT2D eigenvalue weighted by molar-refractivity contribution is -0.360. The first-order chi connectivity index (χ1) is 17.3. The van der Waals surface area contributed by atoms with Crippen LogP contribution < -0.4 is 0 Å². The lowest BCUT2D eigenvalue weighted by atomic mass is 9.97. The van der Waals surface area contributed by atoms with E-state index in [1.54, 1.807) is 12.3 Å². The van der Waals surface area contributed by atoms with Crippen LogP contribution in [-0.2, 0) is 23.7 Å². The zero-order chi connectivity index (χ0) is 26.2. The third-order valence-corrected chi connectivity index (χ3v) is 8.40. The highest BCUT2D eigenvalue weighted by molar-refractivity contribution is 8.77. The molecule has 0 amide bonds. The van der Waals surface area contributed by atoms with E-state index in [-0.39, 0.29) is 11.9 Å². The van der Waals surface area contributed by atoms with Gasteiger partial charge in [-0.3, -0.25) is 0 Å². The summed E-state index contributed by atoms with van der Waals surface area (Å²) in [4.78, 5) is 4.23. The quantitative estimate of drug-likeness (QED) is 0.133. The van der Waals surface area contributed by atoms with Gasteiger partial charge in [0, 0.05) is 13.3 Å². The van der Waals surface area contributed by atoms with Crippen molar-refractivity contribution in [3.8, 4) is 0 Å². The minimum atomic E-state index is -1.56. The lowest BCUT2D eigenvalue weighted by Gasteiger charge is -2.46. The molecule has 12 nitrogen and oxygen atoms in total. The van der Waals surface area contributed by atoms with E-state index in [0.717, 1.165) is 5.03 Å². The van der Waals surface area contributed by atoms with Crippen LogP contribution in [0.4, 0.5) is 0 Å².